The molecule has 2 amide bonds. The second kappa shape index (κ2) is 13.9. The Morgan fingerprint density at radius 1 is 0.956 bits per heavy atom. The summed E-state index contributed by atoms with van der Waals surface area (Å²) >= 11 is 6.84. The molecular weight excluding hydrogens is 594 g/mol. The molecule has 10 nitrogen and oxygen atoms in total. The van der Waals surface area contributed by atoms with Crippen LogP contribution in [0.4, 0.5) is 11.4 Å². The number of benzene rings is 2. The number of methoxy groups -OCH3 is 1. The molecule has 1 saturated heterocycles. The number of carbonyl (C=O) groups excluding carboxylic acids is 2. The standard InChI is InChI=1S/C34H34ClN5O5/c1-20-16-28(37-18-22(20)19-40-15-5-4-12-30(40)34(43)44)32(41)39-27-11-7-9-25(31(27)35)24-8-6-10-26(21(24)2)38-33(42)29-17-23(45-3)13-14-36-29/h6-11,13-14,16-18,30H,4-5,12,15,19H2,1-3H3,(H,38,42)(H,39,41)(H,43,44)/t30-/m0/s1. The van der Waals surface area contributed by atoms with Crippen molar-refractivity contribution in [3.63, 3.8) is 0 Å². The summed E-state index contributed by atoms with van der Waals surface area (Å²) in [5, 5.41) is 15.7. The summed E-state index contributed by atoms with van der Waals surface area (Å²) in [5.74, 6) is -1.09. The zero-order chi connectivity index (χ0) is 32.1. The number of anilines is 2. The number of carboxylic acids is 1. The van der Waals surface area contributed by atoms with Gasteiger partial charge in [0.2, 0.25) is 0 Å². The van der Waals surface area contributed by atoms with Gasteiger partial charge in [0.05, 0.1) is 17.8 Å². The maximum absolute atomic E-state index is 13.2. The van der Waals surface area contributed by atoms with Gasteiger partial charge >= 0.3 is 5.97 Å². The van der Waals surface area contributed by atoms with Gasteiger partial charge in [-0.25, -0.2) is 0 Å². The molecule has 0 unspecified atom stereocenters. The van der Waals surface area contributed by atoms with E-state index in [2.05, 4.69) is 20.6 Å². The molecule has 4 aromatic rings. The Kier molecular flexibility index (Phi) is 9.75. The predicted molar refractivity (Wildman–Crippen MR) is 173 cm³/mol. The molecule has 3 N–H and O–H groups in total. The lowest BCUT2D eigenvalue weighted by Crippen LogP contribution is -2.44. The first-order valence-corrected chi connectivity index (χ1v) is 15.0. The number of nitrogens with one attached hydrogen (secondary N) is 2. The Morgan fingerprint density at radius 2 is 1.64 bits per heavy atom. The second-order valence-corrected chi connectivity index (χ2v) is 11.3. The van der Waals surface area contributed by atoms with Crippen LogP contribution in [0.2, 0.25) is 5.02 Å². The Labute approximate surface area is 266 Å². The third kappa shape index (κ3) is 7.13. The Balaban J connectivity index is 1.32. The van der Waals surface area contributed by atoms with Gasteiger partial charge in [0.25, 0.3) is 11.8 Å². The fourth-order valence-electron chi connectivity index (χ4n) is 5.49. The fraction of sp³-hybridized carbons (Fsp3) is 0.265. The summed E-state index contributed by atoms with van der Waals surface area (Å²) in [4.78, 5) is 48.3. The first-order chi connectivity index (χ1) is 21.7. The number of aliphatic carboxylic acids is 1. The summed E-state index contributed by atoms with van der Waals surface area (Å²) in [7, 11) is 1.52. The van der Waals surface area contributed by atoms with Crippen LogP contribution in [-0.4, -0.2) is 57.5 Å². The highest BCUT2D eigenvalue weighted by molar-refractivity contribution is 6.36. The number of carboxylic acid groups (broad SMARTS) is 1. The lowest BCUT2D eigenvalue weighted by molar-refractivity contribution is -0.144. The molecule has 11 heteroatoms. The molecule has 232 valence electrons. The molecule has 0 spiro atoms. The zero-order valence-electron chi connectivity index (χ0n) is 25.3. The van der Waals surface area contributed by atoms with E-state index >= 15 is 0 Å². The number of aryl methyl sites for hydroxylation is 1. The minimum atomic E-state index is -0.812. The zero-order valence-corrected chi connectivity index (χ0v) is 26.0. The molecular formula is C34H34ClN5O5. The van der Waals surface area contributed by atoms with Crippen LogP contribution in [0.15, 0.2) is 67.0 Å². The fourth-order valence-corrected chi connectivity index (χ4v) is 5.76. The number of carbonyl (C=O) groups is 3. The summed E-state index contributed by atoms with van der Waals surface area (Å²) in [5.41, 5.74) is 5.41. The highest BCUT2D eigenvalue weighted by atomic mass is 35.5. The average Bonchev–Trinajstić information content (AvgIpc) is 3.04. The monoisotopic (exact) mass is 627 g/mol. The third-order valence-electron chi connectivity index (χ3n) is 8.04. The van der Waals surface area contributed by atoms with Crippen molar-refractivity contribution in [1.29, 1.82) is 0 Å². The van der Waals surface area contributed by atoms with Crippen LogP contribution in [-0.2, 0) is 11.3 Å². The van der Waals surface area contributed by atoms with E-state index in [9.17, 15) is 19.5 Å². The highest BCUT2D eigenvalue weighted by Gasteiger charge is 2.28. The first kappa shape index (κ1) is 31.6. The molecule has 1 aliphatic heterocycles. The van der Waals surface area contributed by atoms with Crippen molar-refractivity contribution in [3.8, 4) is 16.9 Å². The van der Waals surface area contributed by atoms with Gasteiger partial charge in [-0.15, -0.1) is 0 Å². The summed E-state index contributed by atoms with van der Waals surface area (Å²) < 4.78 is 5.20. The van der Waals surface area contributed by atoms with Gasteiger partial charge in [0, 0.05) is 36.3 Å². The minimum absolute atomic E-state index is 0.217. The Bertz CT molecular complexity index is 1760. The molecule has 0 radical (unpaired) electrons. The van der Waals surface area contributed by atoms with Gasteiger partial charge in [-0.1, -0.05) is 42.3 Å². The van der Waals surface area contributed by atoms with Crippen molar-refractivity contribution in [3.05, 3.63) is 100 Å². The SMILES string of the molecule is COc1ccnc(C(=O)Nc2cccc(-c3cccc(NC(=O)c4cc(C)c(CN5CCCC[C@H]5C(=O)O)cn4)c3Cl)c2C)c1. The third-order valence-corrected chi connectivity index (χ3v) is 8.45. The number of pyridine rings is 2. The summed E-state index contributed by atoms with van der Waals surface area (Å²) in [6.45, 7) is 4.94. The van der Waals surface area contributed by atoms with E-state index < -0.39 is 17.9 Å². The lowest BCUT2D eigenvalue weighted by Gasteiger charge is -2.33. The van der Waals surface area contributed by atoms with Crippen LogP contribution in [0.25, 0.3) is 11.1 Å². The second-order valence-electron chi connectivity index (χ2n) is 11.0. The number of halogens is 1. The van der Waals surface area contributed by atoms with E-state index in [1.807, 2.05) is 36.9 Å². The number of ether oxygens (including phenoxy) is 1. The smallest absolute Gasteiger partial charge is 0.320 e. The predicted octanol–water partition coefficient (Wildman–Crippen LogP) is 6.37. The van der Waals surface area contributed by atoms with E-state index in [4.69, 9.17) is 16.3 Å². The number of amides is 2. The number of hydrogen-bond donors (Lipinski definition) is 3. The number of hydrogen-bond acceptors (Lipinski definition) is 7. The highest BCUT2D eigenvalue weighted by Crippen LogP contribution is 2.37. The molecule has 0 saturated carbocycles. The number of likely N-dealkylation sites (tertiary alicyclic amines) is 1. The van der Waals surface area contributed by atoms with Crippen LogP contribution in [0.3, 0.4) is 0 Å². The average molecular weight is 628 g/mol. The van der Waals surface area contributed by atoms with E-state index in [1.54, 1.807) is 42.6 Å². The van der Waals surface area contributed by atoms with Crippen LogP contribution in [0.5, 0.6) is 5.75 Å². The lowest BCUT2D eigenvalue weighted by atomic mass is 9.98. The molecule has 3 heterocycles. The van der Waals surface area contributed by atoms with Crippen molar-refractivity contribution in [2.24, 2.45) is 0 Å². The molecule has 2 aromatic heterocycles. The molecule has 0 aliphatic carbocycles. The molecule has 2 aromatic carbocycles. The molecule has 1 atom stereocenters. The maximum Gasteiger partial charge on any atom is 0.320 e. The number of aromatic nitrogens is 2. The van der Waals surface area contributed by atoms with E-state index in [0.717, 1.165) is 35.1 Å². The summed E-state index contributed by atoms with van der Waals surface area (Å²) in [6.07, 6.45) is 5.63. The van der Waals surface area contributed by atoms with Crippen LogP contribution >= 0.6 is 11.6 Å². The van der Waals surface area contributed by atoms with Crippen LogP contribution < -0.4 is 15.4 Å². The largest absolute Gasteiger partial charge is 0.497 e. The molecule has 45 heavy (non-hydrogen) atoms. The van der Waals surface area contributed by atoms with Crippen LogP contribution in [0.1, 0.15) is 56.9 Å². The van der Waals surface area contributed by atoms with Crippen molar-refractivity contribution < 1.29 is 24.2 Å². The maximum atomic E-state index is 13.2. The van der Waals surface area contributed by atoms with E-state index in [0.29, 0.717) is 47.2 Å². The van der Waals surface area contributed by atoms with Gasteiger partial charge in [-0.3, -0.25) is 29.3 Å². The number of nitrogens with zero attached hydrogens (tertiary/aromatic N) is 3. The molecule has 5 rings (SSSR count). The van der Waals surface area contributed by atoms with Gasteiger partial charge in [-0.05, 0) is 79.8 Å². The molecule has 1 aliphatic rings. The topological polar surface area (TPSA) is 134 Å². The minimum Gasteiger partial charge on any atom is -0.497 e. The van der Waals surface area contributed by atoms with E-state index in [-0.39, 0.29) is 17.3 Å². The van der Waals surface area contributed by atoms with Crippen molar-refractivity contribution >= 4 is 40.8 Å². The Hall–Kier alpha value is -4.80. The number of piperidine rings is 1. The van der Waals surface area contributed by atoms with Crippen molar-refractivity contribution in [2.75, 3.05) is 24.3 Å². The van der Waals surface area contributed by atoms with Crippen LogP contribution in [0, 0.1) is 13.8 Å². The molecule has 1 fully saturated rings. The van der Waals surface area contributed by atoms with Crippen molar-refractivity contribution in [1.82, 2.24) is 14.9 Å². The summed E-state index contributed by atoms with van der Waals surface area (Å²) in [6, 6.07) is 15.3. The first-order valence-electron chi connectivity index (χ1n) is 14.6. The van der Waals surface area contributed by atoms with Gasteiger partial charge < -0.3 is 20.5 Å². The quantitative estimate of drug-likeness (QED) is 0.195. The number of rotatable bonds is 9. The molecule has 0 bridgehead atoms. The normalized spacial score (nSPS) is 14.9. The van der Waals surface area contributed by atoms with Crippen molar-refractivity contribution in [2.45, 2.75) is 45.7 Å². The van der Waals surface area contributed by atoms with Gasteiger partial charge in [0.1, 0.15) is 23.2 Å². The van der Waals surface area contributed by atoms with Gasteiger partial charge in [-0.2, -0.15) is 0 Å². The Morgan fingerprint density at radius 3 is 2.36 bits per heavy atom. The van der Waals surface area contributed by atoms with E-state index in [1.165, 1.54) is 13.3 Å². The van der Waals surface area contributed by atoms with Gasteiger partial charge in [0.15, 0.2) is 0 Å².